The van der Waals surface area contributed by atoms with Crippen molar-refractivity contribution in [3.8, 4) is 0 Å². The van der Waals surface area contributed by atoms with Crippen molar-refractivity contribution in [3.05, 3.63) is 23.9 Å². The molecule has 0 spiro atoms. The van der Waals surface area contributed by atoms with Crippen LogP contribution in [0.2, 0.25) is 0 Å². The fourth-order valence-electron chi connectivity index (χ4n) is 3.01. The Hall–Kier alpha value is -1.13. The van der Waals surface area contributed by atoms with Crippen molar-refractivity contribution in [2.45, 2.75) is 38.3 Å². The molecular weight excluding hydrogens is 248 g/mol. The average Bonchev–Trinajstić information content (AvgIpc) is 2.34. The quantitative estimate of drug-likeness (QED) is 0.829. The Morgan fingerprint density at radius 3 is 2.55 bits per heavy atom. The maximum atomic E-state index is 4.65. The van der Waals surface area contributed by atoms with Crippen LogP contribution >= 0.6 is 0 Å². The summed E-state index contributed by atoms with van der Waals surface area (Å²) >= 11 is 0. The summed E-state index contributed by atoms with van der Waals surface area (Å²) in [4.78, 5) is 9.45. The Labute approximate surface area is 123 Å². The van der Waals surface area contributed by atoms with E-state index < -0.39 is 0 Å². The normalized spacial score (nSPS) is 17.3. The third-order valence-electron chi connectivity index (χ3n) is 4.39. The summed E-state index contributed by atoms with van der Waals surface area (Å²) in [6, 6.07) is 6.22. The lowest BCUT2D eigenvalue weighted by molar-refractivity contribution is 0.0256. The number of pyridine rings is 1. The van der Waals surface area contributed by atoms with Gasteiger partial charge in [-0.1, -0.05) is 6.07 Å². The topological polar surface area (TPSA) is 31.4 Å². The molecule has 0 radical (unpaired) electrons. The van der Waals surface area contributed by atoms with E-state index in [0.717, 1.165) is 31.1 Å². The van der Waals surface area contributed by atoms with Crippen LogP contribution in [-0.2, 0) is 6.54 Å². The third kappa shape index (κ3) is 3.49. The van der Waals surface area contributed by atoms with Gasteiger partial charge in [0.1, 0.15) is 5.82 Å². The van der Waals surface area contributed by atoms with Gasteiger partial charge in [0.15, 0.2) is 0 Å². The van der Waals surface area contributed by atoms with Crippen LogP contribution in [0.15, 0.2) is 18.2 Å². The Bertz CT molecular complexity index is 426. The summed E-state index contributed by atoms with van der Waals surface area (Å²) in [6.07, 6.45) is 3.99. The summed E-state index contributed by atoms with van der Waals surface area (Å²) in [7, 11) is 6.61. The maximum Gasteiger partial charge on any atom is 0.126 e. The van der Waals surface area contributed by atoms with E-state index in [-0.39, 0.29) is 0 Å². The SMILES string of the molecule is CCNc1cccc(CN(C)CC2(N(C)C)CCC2)n1. The first-order chi connectivity index (χ1) is 9.55. The van der Waals surface area contributed by atoms with E-state index in [9.17, 15) is 0 Å². The average molecular weight is 276 g/mol. The molecule has 1 aromatic rings. The standard InChI is InChI=1S/C16H28N4/c1-5-17-15-9-6-8-14(18-15)12-20(4)13-16(19(2)3)10-7-11-16/h6,8-9H,5,7,10-13H2,1-4H3,(H,17,18). The zero-order valence-corrected chi connectivity index (χ0v) is 13.3. The predicted molar refractivity (Wildman–Crippen MR) is 85.0 cm³/mol. The molecule has 1 aliphatic rings. The summed E-state index contributed by atoms with van der Waals surface area (Å²) in [5.74, 6) is 0.976. The van der Waals surface area contributed by atoms with Crippen LogP contribution in [0.4, 0.5) is 5.82 Å². The van der Waals surface area contributed by atoms with E-state index in [1.54, 1.807) is 0 Å². The molecular formula is C16H28N4. The largest absolute Gasteiger partial charge is 0.370 e. The van der Waals surface area contributed by atoms with Gasteiger partial charge in [-0.25, -0.2) is 4.98 Å². The highest BCUT2D eigenvalue weighted by Crippen LogP contribution is 2.36. The van der Waals surface area contributed by atoms with Gasteiger partial charge in [-0.05, 0) is 59.5 Å². The number of hydrogen-bond donors (Lipinski definition) is 1. The Morgan fingerprint density at radius 1 is 1.25 bits per heavy atom. The molecule has 20 heavy (non-hydrogen) atoms. The van der Waals surface area contributed by atoms with Crippen molar-refractivity contribution < 1.29 is 0 Å². The number of likely N-dealkylation sites (N-methyl/N-ethyl adjacent to an activating group) is 2. The van der Waals surface area contributed by atoms with Crippen molar-refractivity contribution in [1.29, 1.82) is 0 Å². The third-order valence-corrected chi connectivity index (χ3v) is 4.39. The molecule has 1 aromatic heterocycles. The fraction of sp³-hybridized carbons (Fsp3) is 0.688. The zero-order chi connectivity index (χ0) is 14.6. The molecule has 4 nitrogen and oxygen atoms in total. The Balaban J connectivity index is 1.94. The van der Waals surface area contributed by atoms with Crippen molar-refractivity contribution >= 4 is 5.82 Å². The van der Waals surface area contributed by atoms with Crippen LogP contribution in [0, 0.1) is 0 Å². The smallest absolute Gasteiger partial charge is 0.126 e. The van der Waals surface area contributed by atoms with Crippen molar-refractivity contribution in [1.82, 2.24) is 14.8 Å². The van der Waals surface area contributed by atoms with Gasteiger partial charge in [-0.15, -0.1) is 0 Å². The minimum Gasteiger partial charge on any atom is -0.370 e. The van der Waals surface area contributed by atoms with Gasteiger partial charge >= 0.3 is 0 Å². The molecule has 0 amide bonds. The first kappa shape index (κ1) is 15.3. The Morgan fingerprint density at radius 2 is 2.00 bits per heavy atom. The van der Waals surface area contributed by atoms with Crippen molar-refractivity contribution in [2.75, 3.05) is 39.5 Å². The lowest BCUT2D eigenvalue weighted by Crippen LogP contribution is -2.56. The van der Waals surface area contributed by atoms with Gasteiger partial charge in [0.2, 0.25) is 0 Å². The number of hydrogen-bond acceptors (Lipinski definition) is 4. The van der Waals surface area contributed by atoms with Gasteiger partial charge in [0.25, 0.3) is 0 Å². The zero-order valence-electron chi connectivity index (χ0n) is 13.3. The fourth-order valence-corrected chi connectivity index (χ4v) is 3.01. The molecule has 1 heterocycles. The summed E-state index contributed by atoms with van der Waals surface area (Å²) in [5, 5.41) is 3.27. The minimum absolute atomic E-state index is 0.383. The second kappa shape index (κ2) is 6.55. The molecule has 112 valence electrons. The van der Waals surface area contributed by atoms with E-state index in [0.29, 0.717) is 5.54 Å². The van der Waals surface area contributed by atoms with Gasteiger partial charge in [-0.2, -0.15) is 0 Å². The lowest BCUT2D eigenvalue weighted by Gasteiger charge is -2.49. The number of rotatable bonds is 7. The van der Waals surface area contributed by atoms with Crippen molar-refractivity contribution in [2.24, 2.45) is 0 Å². The molecule has 2 rings (SSSR count). The molecule has 1 fully saturated rings. The van der Waals surface area contributed by atoms with Crippen LogP contribution in [0.3, 0.4) is 0 Å². The number of nitrogens with zero attached hydrogens (tertiary/aromatic N) is 3. The lowest BCUT2D eigenvalue weighted by atomic mass is 9.75. The summed E-state index contributed by atoms with van der Waals surface area (Å²) in [5.41, 5.74) is 1.52. The molecule has 1 aliphatic carbocycles. The van der Waals surface area contributed by atoms with Gasteiger partial charge in [0.05, 0.1) is 5.69 Å². The molecule has 0 aromatic carbocycles. The highest BCUT2D eigenvalue weighted by molar-refractivity contribution is 5.34. The monoisotopic (exact) mass is 276 g/mol. The molecule has 1 N–H and O–H groups in total. The van der Waals surface area contributed by atoms with Crippen LogP contribution in [-0.4, -0.2) is 54.6 Å². The van der Waals surface area contributed by atoms with Gasteiger partial charge in [-0.3, -0.25) is 4.90 Å². The minimum atomic E-state index is 0.383. The van der Waals surface area contributed by atoms with E-state index in [4.69, 9.17) is 0 Å². The highest BCUT2D eigenvalue weighted by Gasteiger charge is 2.39. The van der Waals surface area contributed by atoms with Crippen LogP contribution < -0.4 is 5.32 Å². The highest BCUT2D eigenvalue weighted by atomic mass is 15.2. The molecule has 0 atom stereocenters. The van der Waals surface area contributed by atoms with Crippen molar-refractivity contribution in [3.63, 3.8) is 0 Å². The molecule has 4 heteroatoms. The van der Waals surface area contributed by atoms with Crippen LogP contribution in [0.1, 0.15) is 31.9 Å². The first-order valence-electron chi connectivity index (χ1n) is 7.61. The predicted octanol–water partition coefficient (Wildman–Crippen LogP) is 2.43. The van der Waals surface area contributed by atoms with Crippen LogP contribution in [0.25, 0.3) is 0 Å². The molecule has 0 aliphatic heterocycles. The second-order valence-corrected chi connectivity index (χ2v) is 6.19. The second-order valence-electron chi connectivity index (χ2n) is 6.19. The van der Waals surface area contributed by atoms with Gasteiger partial charge < -0.3 is 10.2 Å². The maximum absolute atomic E-state index is 4.65. The number of anilines is 1. The first-order valence-corrected chi connectivity index (χ1v) is 7.61. The van der Waals surface area contributed by atoms with E-state index in [2.05, 4.69) is 60.3 Å². The molecule has 0 saturated heterocycles. The van der Waals surface area contributed by atoms with Crippen LogP contribution in [0.5, 0.6) is 0 Å². The molecule has 1 saturated carbocycles. The number of aromatic nitrogens is 1. The summed E-state index contributed by atoms with van der Waals surface area (Å²) < 4.78 is 0. The van der Waals surface area contributed by atoms with E-state index >= 15 is 0 Å². The van der Waals surface area contributed by atoms with E-state index in [1.807, 2.05) is 6.07 Å². The van der Waals surface area contributed by atoms with E-state index in [1.165, 1.54) is 19.3 Å². The van der Waals surface area contributed by atoms with Gasteiger partial charge in [0, 0.05) is 25.2 Å². The Kier molecular flexibility index (Phi) is 5.00. The number of nitrogens with one attached hydrogen (secondary N) is 1. The summed E-state index contributed by atoms with van der Waals surface area (Å²) in [6.45, 7) is 5.04. The molecule has 0 bridgehead atoms. The molecule has 0 unspecified atom stereocenters.